The summed E-state index contributed by atoms with van der Waals surface area (Å²) in [5.41, 5.74) is 4.52. The van der Waals surface area contributed by atoms with Gasteiger partial charge in [0.05, 0.1) is 13.2 Å². The van der Waals surface area contributed by atoms with E-state index in [9.17, 15) is 4.79 Å². The lowest BCUT2D eigenvalue weighted by atomic mass is 10.0. The molecule has 0 fully saturated rings. The first kappa shape index (κ1) is 11.4. The normalized spacial score (nSPS) is 13.6. The Hall–Kier alpha value is -1.65. The van der Waals surface area contributed by atoms with Crippen LogP contribution in [-0.4, -0.2) is 11.1 Å². The molecule has 0 spiro atoms. The zero-order valence-electron chi connectivity index (χ0n) is 9.90. The zero-order chi connectivity index (χ0) is 12.7. The lowest BCUT2D eigenvalue weighted by Crippen LogP contribution is -1.89. The summed E-state index contributed by atoms with van der Waals surface area (Å²) in [6.07, 6.45) is 0. The summed E-state index contributed by atoms with van der Waals surface area (Å²) >= 11 is 1.33. The molecule has 1 N–H and O–H groups in total. The second-order valence-corrected chi connectivity index (χ2v) is 5.46. The minimum Gasteiger partial charge on any atom is -0.477 e. The number of rotatable bonds is 2. The summed E-state index contributed by atoms with van der Waals surface area (Å²) in [5.74, 6) is -0.862. The van der Waals surface area contributed by atoms with Crippen LogP contribution in [0.1, 0.15) is 26.4 Å². The van der Waals surface area contributed by atoms with Crippen LogP contribution in [0.5, 0.6) is 0 Å². The minimum atomic E-state index is -0.862. The van der Waals surface area contributed by atoms with E-state index >= 15 is 0 Å². The molecule has 92 valence electrons. The number of aromatic carboxylic acids is 1. The van der Waals surface area contributed by atoms with Crippen LogP contribution in [0.4, 0.5) is 0 Å². The van der Waals surface area contributed by atoms with E-state index < -0.39 is 5.97 Å². The van der Waals surface area contributed by atoms with Crippen LogP contribution < -0.4 is 0 Å². The SMILES string of the molecule is Cc1cc(C(=O)O)sc1-c1ccc2c(c1)COC2. The van der Waals surface area contributed by atoms with E-state index in [0.717, 1.165) is 16.0 Å². The predicted octanol–water partition coefficient (Wildman–Crippen LogP) is 3.45. The number of thiophene rings is 1. The van der Waals surface area contributed by atoms with Gasteiger partial charge in [0, 0.05) is 4.88 Å². The van der Waals surface area contributed by atoms with Gasteiger partial charge in [-0.3, -0.25) is 0 Å². The molecule has 2 heterocycles. The monoisotopic (exact) mass is 260 g/mol. The first-order chi connectivity index (χ1) is 8.65. The first-order valence-corrected chi connectivity index (χ1v) is 6.50. The number of carboxylic acid groups (broad SMARTS) is 1. The highest BCUT2D eigenvalue weighted by Crippen LogP contribution is 2.34. The van der Waals surface area contributed by atoms with E-state index in [1.54, 1.807) is 6.07 Å². The molecule has 1 aromatic carbocycles. The molecular weight excluding hydrogens is 248 g/mol. The highest BCUT2D eigenvalue weighted by molar-refractivity contribution is 7.17. The fourth-order valence-corrected chi connectivity index (χ4v) is 3.20. The number of aryl methyl sites for hydroxylation is 1. The molecule has 4 heteroatoms. The van der Waals surface area contributed by atoms with Crippen molar-refractivity contribution in [3.63, 3.8) is 0 Å². The van der Waals surface area contributed by atoms with Gasteiger partial charge >= 0.3 is 5.97 Å². The molecule has 0 bridgehead atoms. The Labute approximate surface area is 109 Å². The molecule has 18 heavy (non-hydrogen) atoms. The number of benzene rings is 1. The van der Waals surface area contributed by atoms with Crippen LogP contribution in [0.2, 0.25) is 0 Å². The molecule has 1 aliphatic heterocycles. The lowest BCUT2D eigenvalue weighted by molar-refractivity contribution is 0.0702. The van der Waals surface area contributed by atoms with Crippen molar-refractivity contribution < 1.29 is 14.6 Å². The van der Waals surface area contributed by atoms with Gasteiger partial charge in [-0.05, 0) is 41.3 Å². The van der Waals surface area contributed by atoms with Crippen molar-refractivity contribution in [1.29, 1.82) is 0 Å². The summed E-state index contributed by atoms with van der Waals surface area (Å²) in [5, 5.41) is 9.01. The fraction of sp³-hybridized carbons (Fsp3) is 0.214. The topological polar surface area (TPSA) is 46.5 Å². The van der Waals surface area contributed by atoms with Gasteiger partial charge in [-0.1, -0.05) is 12.1 Å². The van der Waals surface area contributed by atoms with E-state index in [0.29, 0.717) is 18.1 Å². The van der Waals surface area contributed by atoms with Gasteiger partial charge in [0.1, 0.15) is 4.88 Å². The third-order valence-electron chi connectivity index (χ3n) is 3.11. The van der Waals surface area contributed by atoms with Crippen molar-refractivity contribution in [2.75, 3.05) is 0 Å². The summed E-state index contributed by atoms with van der Waals surface area (Å²) in [4.78, 5) is 12.4. The molecule has 1 aliphatic rings. The van der Waals surface area contributed by atoms with Crippen molar-refractivity contribution in [3.8, 4) is 10.4 Å². The number of ether oxygens (including phenoxy) is 1. The van der Waals surface area contributed by atoms with Crippen molar-refractivity contribution in [3.05, 3.63) is 45.8 Å². The number of hydrogen-bond acceptors (Lipinski definition) is 3. The molecule has 3 rings (SSSR count). The number of carbonyl (C=O) groups is 1. The first-order valence-electron chi connectivity index (χ1n) is 5.69. The van der Waals surface area contributed by atoms with Crippen LogP contribution in [0.3, 0.4) is 0 Å². The average Bonchev–Trinajstić information content (AvgIpc) is 2.93. The summed E-state index contributed by atoms with van der Waals surface area (Å²) < 4.78 is 5.39. The number of carboxylic acids is 1. The van der Waals surface area contributed by atoms with Gasteiger partial charge < -0.3 is 9.84 Å². The number of fused-ring (bicyclic) bond motifs is 1. The molecule has 0 unspecified atom stereocenters. The van der Waals surface area contributed by atoms with Crippen LogP contribution >= 0.6 is 11.3 Å². The van der Waals surface area contributed by atoms with Gasteiger partial charge in [0.2, 0.25) is 0 Å². The van der Waals surface area contributed by atoms with Crippen molar-refractivity contribution in [1.82, 2.24) is 0 Å². The van der Waals surface area contributed by atoms with Crippen LogP contribution in [-0.2, 0) is 18.0 Å². The van der Waals surface area contributed by atoms with Gasteiger partial charge in [0.15, 0.2) is 0 Å². The van der Waals surface area contributed by atoms with E-state index in [4.69, 9.17) is 9.84 Å². The van der Waals surface area contributed by atoms with Gasteiger partial charge in [-0.15, -0.1) is 11.3 Å². The maximum Gasteiger partial charge on any atom is 0.345 e. The van der Waals surface area contributed by atoms with Gasteiger partial charge in [-0.25, -0.2) is 4.79 Å². The Balaban J connectivity index is 2.07. The smallest absolute Gasteiger partial charge is 0.345 e. The van der Waals surface area contributed by atoms with E-state index in [-0.39, 0.29) is 0 Å². The van der Waals surface area contributed by atoms with Crippen molar-refractivity contribution in [2.45, 2.75) is 20.1 Å². The van der Waals surface area contributed by atoms with E-state index in [2.05, 4.69) is 12.1 Å². The molecule has 3 nitrogen and oxygen atoms in total. The molecule has 0 atom stereocenters. The Kier molecular flexibility index (Phi) is 2.69. The maximum absolute atomic E-state index is 11.0. The van der Waals surface area contributed by atoms with Crippen LogP contribution in [0, 0.1) is 6.92 Å². The van der Waals surface area contributed by atoms with Crippen molar-refractivity contribution in [2.24, 2.45) is 0 Å². The molecule has 0 amide bonds. The molecule has 0 saturated heterocycles. The second-order valence-electron chi connectivity index (χ2n) is 4.40. The lowest BCUT2D eigenvalue weighted by Gasteiger charge is -2.02. The predicted molar refractivity (Wildman–Crippen MR) is 69.9 cm³/mol. The van der Waals surface area contributed by atoms with E-state index in [1.807, 2.05) is 13.0 Å². The molecule has 1 aromatic heterocycles. The number of hydrogen-bond donors (Lipinski definition) is 1. The Bertz CT molecular complexity index is 628. The summed E-state index contributed by atoms with van der Waals surface area (Å²) in [6, 6.07) is 7.94. The van der Waals surface area contributed by atoms with Gasteiger partial charge in [-0.2, -0.15) is 0 Å². The highest BCUT2D eigenvalue weighted by Gasteiger charge is 2.16. The van der Waals surface area contributed by atoms with Crippen molar-refractivity contribution >= 4 is 17.3 Å². The average molecular weight is 260 g/mol. The second kappa shape index (κ2) is 4.23. The Morgan fingerprint density at radius 3 is 2.78 bits per heavy atom. The Morgan fingerprint density at radius 2 is 2.06 bits per heavy atom. The fourth-order valence-electron chi connectivity index (χ4n) is 2.19. The highest BCUT2D eigenvalue weighted by atomic mass is 32.1. The molecule has 0 saturated carbocycles. The largest absolute Gasteiger partial charge is 0.477 e. The van der Waals surface area contributed by atoms with E-state index in [1.165, 1.54) is 22.5 Å². The summed E-state index contributed by atoms with van der Waals surface area (Å²) in [7, 11) is 0. The molecule has 0 aliphatic carbocycles. The third kappa shape index (κ3) is 1.83. The van der Waals surface area contributed by atoms with Crippen LogP contribution in [0.25, 0.3) is 10.4 Å². The minimum absolute atomic E-state index is 0.388. The third-order valence-corrected chi connectivity index (χ3v) is 4.39. The molecular formula is C14H12O3S. The molecule has 0 radical (unpaired) electrons. The van der Waals surface area contributed by atoms with Crippen LogP contribution in [0.15, 0.2) is 24.3 Å². The maximum atomic E-state index is 11.0. The quantitative estimate of drug-likeness (QED) is 0.899. The zero-order valence-corrected chi connectivity index (χ0v) is 10.7. The Morgan fingerprint density at radius 1 is 1.28 bits per heavy atom. The van der Waals surface area contributed by atoms with Gasteiger partial charge in [0.25, 0.3) is 0 Å². The standard InChI is InChI=1S/C14H12O3S/c1-8-4-12(14(15)16)18-13(8)9-2-3-10-6-17-7-11(10)5-9/h2-5H,6-7H2,1H3,(H,15,16). The summed E-state index contributed by atoms with van der Waals surface area (Å²) in [6.45, 7) is 3.28. The molecule has 2 aromatic rings.